The average Bonchev–Trinajstić information content (AvgIpc) is 3.37. The molecule has 2 bridgehead atoms. The summed E-state index contributed by atoms with van der Waals surface area (Å²) in [6.45, 7) is 0.984. The lowest BCUT2D eigenvalue weighted by Gasteiger charge is -2.60. The van der Waals surface area contributed by atoms with Gasteiger partial charge in [-0.2, -0.15) is 0 Å². The normalized spacial score (nSPS) is 27.9. The fraction of sp³-hybridized carbons (Fsp3) is 0.355. The van der Waals surface area contributed by atoms with Crippen LogP contribution in [0.1, 0.15) is 41.0 Å². The summed E-state index contributed by atoms with van der Waals surface area (Å²) in [7, 11) is 3.24. The fourth-order valence-electron chi connectivity index (χ4n) is 7.64. The van der Waals surface area contributed by atoms with Crippen LogP contribution in [-0.2, 0) is 26.3 Å². The maximum atomic E-state index is 14.3. The molecule has 3 aromatic carbocycles. The van der Waals surface area contributed by atoms with Crippen molar-refractivity contribution in [2.24, 2.45) is 11.3 Å². The monoisotopic (exact) mass is 480 g/mol. The van der Waals surface area contributed by atoms with Crippen molar-refractivity contribution in [2.45, 2.75) is 30.6 Å². The zero-order chi connectivity index (χ0) is 24.9. The number of hydrogen-bond donors (Lipinski definition) is 0. The molecule has 4 aliphatic rings. The Bertz CT molecular complexity index is 1290. The molecule has 2 amide bonds. The summed E-state index contributed by atoms with van der Waals surface area (Å²) in [5.74, 6) is 0.0637. The summed E-state index contributed by atoms with van der Waals surface area (Å²) in [6, 6.07) is 29.1. The molecule has 36 heavy (non-hydrogen) atoms. The molecule has 7 rings (SSSR count). The van der Waals surface area contributed by atoms with Gasteiger partial charge in [0.05, 0.1) is 18.9 Å². The van der Waals surface area contributed by atoms with E-state index >= 15 is 0 Å². The van der Waals surface area contributed by atoms with Crippen LogP contribution in [0, 0.1) is 11.3 Å². The van der Waals surface area contributed by atoms with E-state index in [2.05, 4.69) is 48.5 Å². The van der Waals surface area contributed by atoms with Crippen molar-refractivity contribution in [1.29, 1.82) is 0 Å². The lowest BCUT2D eigenvalue weighted by Crippen LogP contribution is -2.62. The van der Waals surface area contributed by atoms with E-state index in [0.717, 1.165) is 18.4 Å². The van der Waals surface area contributed by atoms with E-state index in [1.165, 1.54) is 21.8 Å². The van der Waals surface area contributed by atoms with Gasteiger partial charge in [-0.1, -0.05) is 84.9 Å². The molecule has 3 aromatic rings. The SMILES string of the molecule is CON(C)C(=O)[C@]12CN(C(=O)Cc3ccccc3)C[C@H]1[C@@]1(c3ccccc3)CC[C@@H]2c2ccccc21. The van der Waals surface area contributed by atoms with Crippen molar-refractivity contribution in [2.75, 3.05) is 27.2 Å². The van der Waals surface area contributed by atoms with Crippen LogP contribution in [0.2, 0.25) is 0 Å². The van der Waals surface area contributed by atoms with E-state index < -0.39 is 5.41 Å². The minimum Gasteiger partial charge on any atom is -0.341 e. The first kappa shape index (κ1) is 23.0. The van der Waals surface area contributed by atoms with Gasteiger partial charge in [-0.25, -0.2) is 5.06 Å². The maximum Gasteiger partial charge on any atom is 0.254 e. The van der Waals surface area contributed by atoms with Crippen LogP contribution < -0.4 is 0 Å². The second-order valence-electron chi connectivity index (χ2n) is 10.5. The van der Waals surface area contributed by atoms with Crippen LogP contribution in [0.3, 0.4) is 0 Å². The third-order valence-corrected chi connectivity index (χ3v) is 9.14. The zero-order valence-electron chi connectivity index (χ0n) is 20.9. The number of amides is 2. The van der Waals surface area contributed by atoms with Crippen molar-refractivity contribution >= 4 is 11.8 Å². The van der Waals surface area contributed by atoms with E-state index in [0.29, 0.717) is 19.5 Å². The third kappa shape index (κ3) is 3.12. The molecule has 3 aliphatic carbocycles. The van der Waals surface area contributed by atoms with Crippen molar-refractivity contribution in [3.8, 4) is 0 Å². The number of nitrogens with zero attached hydrogens (tertiary/aromatic N) is 2. The van der Waals surface area contributed by atoms with E-state index in [1.807, 2.05) is 41.3 Å². The highest BCUT2D eigenvalue weighted by Crippen LogP contribution is 2.69. The lowest BCUT2D eigenvalue weighted by atomic mass is 9.42. The van der Waals surface area contributed by atoms with Gasteiger partial charge in [0, 0.05) is 37.4 Å². The molecule has 5 heteroatoms. The van der Waals surface area contributed by atoms with Gasteiger partial charge >= 0.3 is 0 Å². The van der Waals surface area contributed by atoms with Crippen LogP contribution >= 0.6 is 0 Å². The van der Waals surface area contributed by atoms with Gasteiger partial charge in [0.1, 0.15) is 0 Å². The predicted octanol–water partition coefficient (Wildman–Crippen LogP) is 4.57. The van der Waals surface area contributed by atoms with Crippen molar-refractivity contribution in [1.82, 2.24) is 9.96 Å². The maximum absolute atomic E-state index is 14.3. The highest BCUT2D eigenvalue weighted by Gasteiger charge is 2.71. The Hall–Kier alpha value is -3.44. The molecule has 1 heterocycles. The Morgan fingerprint density at radius 2 is 1.64 bits per heavy atom. The quantitative estimate of drug-likeness (QED) is 0.503. The molecule has 0 radical (unpaired) electrons. The molecule has 5 nitrogen and oxygen atoms in total. The van der Waals surface area contributed by atoms with Crippen molar-refractivity contribution in [3.63, 3.8) is 0 Å². The Morgan fingerprint density at radius 1 is 0.972 bits per heavy atom. The molecule has 0 spiro atoms. The summed E-state index contributed by atoms with van der Waals surface area (Å²) < 4.78 is 0. The zero-order valence-corrected chi connectivity index (χ0v) is 20.9. The molecular weight excluding hydrogens is 448 g/mol. The number of fused-ring (bicyclic) bond motifs is 1. The lowest BCUT2D eigenvalue weighted by molar-refractivity contribution is -0.188. The highest BCUT2D eigenvalue weighted by molar-refractivity contribution is 5.88. The second-order valence-corrected chi connectivity index (χ2v) is 10.5. The Morgan fingerprint density at radius 3 is 2.36 bits per heavy atom. The first-order chi connectivity index (χ1) is 17.5. The van der Waals surface area contributed by atoms with E-state index in [9.17, 15) is 9.59 Å². The summed E-state index contributed by atoms with van der Waals surface area (Å²) in [6.07, 6.45) is 2.22. The largest absolute Gasteiger partial charge is 0.341 e. The Labute approximate surface area is 212 Å². The van der Waals surface area contributed by atoms with Gasteiger partial charge < -0.3 is 4.90 Å². The van der Waals surface area contributed by atoms with Crippen molar-refractivity contribution < 1.29 is 14.4 Å². The minimum atomic E-state index is -0.737. The molecule has 1 saturated heterocycles. The van der Waals surface area contributed by atoms with E-state index in [-0.39, 0.29) is 29.1 Å². The molecule has 0 unspecified atom stereocenters. The molecule has 4 atom stereocenters. The van der Waals surface area contributed by atoms with Crippen LogP contribution in [0.5, 0.6) is 0 Å². The summed E-state index contributed by atoms with van der Waals surface area (Å²) in [5, 5.41) is 1.39. The second kappa shape index (κ2) is 8.59. The predicted molar refractivity (Wildman–Crippen MR) is 138 cm³/mol. The van der Waals surface area contributed by atoms with Crippen LogP contribution in [-0.4, -0.2) is 49.0 Å². The summed E-state index contributed by atoms with van der Waals surface area (Å²) >= 11 is 0. The van der Waals surface area contributed by atoms with Gasteiger partial charge in [0.2, 0.25) is 5.91 Å². The minimum absolute atomic E-state index is 0.0236. The highest BCUT2D eigenvalue weighted by atomic mass is 16.7. The van der Waals surface area contributed by atoms with E-state index in [4.69, 9.17) is 4.84 Å². The van der Waals surface area contributed by atoms with Crippen LogP contribution in [0.15, 0.2) is 84.9 Å². The van der Waals surface area contributed by atoms with Crippen molar-refractivity contribution in [3.05, 3.63) is 107 Å². The number of hydroxylamine groups is 2. The van der Waals surface area contributed by atoms with Crippen LogP contribution in [0.4, 0.5) is 0 Å². The number of hydrogen-bond acceptors (Lipinski definition) is 3. The van der Waals surface area contributed by atoms with E-state index in [1.54, 1.807) is 14.2 Å². The molecule has 184 valence electrons. The summed E-state index contributed by atoms with van der Waals surface area (Å²) in [5.41, 5.74) is 3.72. The Balaban J connectivity index is 1.52. The van der Waals surface area contributed by atoms with Gasteiger partial charge in [-0.05, 0) is 35.1 Å². The number of benzene rings is 3. The van der Waals surface area contributed by atoms with Gasteiger partial charge in [0.15, 0.2) is 0 Å². The molecule has 0 N–H and O–H groups in total. The smallest absolute Gasteiger partial charge is 0.254 e. The number of carbonyl (C=O) groups excluding carboxylic acids is 2. The summed E-state index contributed by atoms with van der Waals surface area (Å²) in [4.78, 5) is 35.4. The van der Waals surface area contributed by atoms with Gasteiger partial charge in [-0.3, -0.25) is 14.4 Å². The third-order valence-electron chi connectivity index (χ3n) is 9.14. The average molecular weight is 481 g/mol. The number of carbonyl (C=O) groups is 2. The molecule has 2 fully saturated rings. The first-order valence-corrected chi connectivity index (χ1v) is 12.8. The van der Waals surface area contributed by atoms with Gasteiger partial charge in [0.25, 0.3) is 5.91 Å². The number of likely N-dealkylation sites (tertiary alicyclic amines) is 1. The van der Waals surface area contributed by atoms with Gasteiger partial charge in [-0.15, -0.1) is 0 Å². The fourth-order valence-corrected chi connectivity index (χ4v) is 7.64. The molecule has 1 aliphatic heterocycles. The first-order valence-electron chi connectivity index (χ1n) is 12.8. The molecule has 0 aromatic heterocycles. The number of rotatable bonds is 5. The molecule has 1 saturated carbocycles. The Kier molecular flexibility index (Phi) is 5.49. The topological polar surface area (TPSA) is 49.9 Å². The standard InChI is InChI=1S/C31H32N2O3/c1-32(36-2)29(35)31-21-33(28(34)19-22-11-5-3-6-12-22)20-27(31)30(23-13-7-4-8-14-23)18-17-26(31)24-15-9-10-16-25(24)30/h3-16,26-27H,17-21H2,1-2H3/t26-,27+,30-,31+/m1/s1. The van der Waals surface area contributed by atoms with Crippen LogP contribution in [0.25, 0.3) is 0 Å². The molecular formula is C31H32N2O3.